The molecule has 1 heterocycles. The minimum Gasteiger partial charge on any atom is -0.332 e. The molecule has 0 fully saturated rings. The zero-order valence-electron chi connectivity index (χ0n) is 19.0. The van der Waals surface area contributed by atoms with Gasteiger partial charge in [-0.1, -0.05) is 68.8 Å². The van der Waals surface area contributed by atoms with E-state index in [0.717, 1.165) is 29.7 Å². The number of hydrogen-bond donors (Lipinski definition) is 0. The summed E-state index contributed by atoms with van der Waals surface area (Å²) in [5, 5.41) is 2.03. The fourth-order valence-corrected chi connectivity index (χ4v) is 4.28. The first-order valence-corrected chi connectivity index (χ1v) is 12.2. The van der Waals surface area contributed by atoms with Crippen molar-refractivity contribution in [2.75, 3.05) is 13.1 Å². The van der Waals surface area contributed by atoms with Gasteiger partial charge in [0.15, 0.2) is 0 Å². The lowest BCUT2D eigenvalue weighted by atomic mass is 10.1. The maximum absolute atomic E-state index is 13.4. The molecule has 0 saturated heterocycles. The van der Waals surface area contributed by atoms with Crippen molar-refractivity contribution in [3.8, 4) is 0 Å². The Morgan fingerprint density at radius 1 is 0.812 bits per heavy atom. The molecule has 0 aliphatic heterocycles. The molecule has 3 aromatic rings. The standard InChI is InChI=1S/C27H32N2O2S/c1-3-5-17-28(27(31)24-15-13-22(4-2)14-16-24)21-26(30)29(20-25-12-9-18-32-25)19-23-10-7-6-8-11-23/h6-16,18H,3-5,17,19-21H2,1-2H3. The van der Waals surface area contributed by atoms with Crippen LogP contribution in [0, 0.1) is 0 Å². The number of carbonyl (C=O) groups excluding carboxylic acids is 2. The molecule has 0 N–H and O–H groups in total. The summed E-state index contributed by atoms with van der Waals surface area (Å²) >= 11 is 1.64. The van der Waals surface area contributed by atoms with Gasteiger partial charge in [-0.3, -0.25) is 9.59 Å². The van der Waals surface area contributed by atoms with Gasteiger partial charge in [0.2, 0.25) is 5.91 Å². The Morgan fingerprint density at radius 3 is 2.19 bits per heavy atom. The predicted octanol–water partition coefficient (Wildman–Crippen LogP) is 5.78. The number of amides is 2. The molecule has 0 bridgehead atoms. The summed E-state index contributed by atoms with van der Waals surface area (Å²) in [6.07, 6.45) is 2.77. The van der Waals surface area contributed by atoms with E-state index in [1.807, 2.05) is 77.0 Å². The smallest absolute Gasteiger partial charge is 0.254 e. The van der Waals surface area contributed by atoms with Crippen LogP contribution >= 0.6 is 11.3 Å². The van der Waals surface area contributed by atoms with Gasteiger partial charge in [-0.05, 0) is 47.5 Å². The van der Waals surface area contributed by atoms with Gasteiger partial charge < -0.3 is 9.80 Å². The summed E-state index contributed by atoms with van der Waals surface area (Å²) in [5.74, 6) is -0.109. The second-order valence-electron chi connectivity index (χ2n) is 7.95. The van der Waals surface area contributed by atoms with E-state index in [9.17, 15) is 9.59 Å². The highest BCUT2D eigenvalue weighted by molar-refractivity contribution is 7.09. The highest BCUT2D eigenvalue weighted by atomic mass is 32.1. The topological polar surface area (TPSA) is 40.6 Å². The second-order valence-corrected chi connectivity index (χ2v) is 8.98. The van der Waals surface area contributed by atoms with E-state index < -0.39 is 0 Å². The molecule has 2 aromatic carbocycles. The molecule has 0 saturated carbocycles. The fourth-order valence-electron chi connectivity index (χ4n) is 3.56. The van der Waals surface area contributed by atoms with Crippen LogP contribution in [0.2, 0.25) is 0 Å². The molecule has 0 aliphatic rings. The highest BCUT2D eigenvalue weighted by Gasteiger charge is 2.23. The minimum atomic E-state index is -0.0785. The normalized spacial score (nSPS) is 10.7. The molecular formula is C27H32N2O2S. The predicted molar refractivity (Wildman–Crippen MR) is 132 cm³/mol. The van der Waals surface area contributed by atoms with Crippen molar-refractivity contribution in [1.29, 1.82) is 0 Å². The van der Waals surface area contributed by atoms with Crippen LogP contribution in [0.4, 0.5) is 0 Å². The second kappa shape index (κ2) is 12.2. The third-order valence-corrected chi connectivity index (χ3v) is 6.36. The number of nitrogens with zero attached hydrogens (tertiary/aromatic N) is 2. The van der Waals surface area contributed by atoms with Gasteiger partial charge >= 0.3 is 0 Å². The molecular weight excluding hydrogens is 416 g/mol. The molecule has 0 spiro atoms. The molecule has 0 aliphatic carbocycles. The van der Waals surface area contributed by atoms with Crippen LogP contribution in [-0.4, -0.2) is 34.7 Å². The average molecular weight is 449 g/mol. The Hall–Kier alpha value is -2.92. The van der Waals surface area contributed by atoms with Gasteiger partial charge in [-0.25, -0.2) is 0 Å². The van der Waals surface area contributed by atoms with Crippen LogP contribution in [0.1, 0.15) is 53.1 Å². The number of aryl methyl sites for hydroxylation is 1. The van der Waals surface area contributed by atoms with Crippen LogP contribution < -0.4 is 0 Å². The molecule has 4 nitrogen and oxygen atoms in total. The van der Waals surface area contributed by atoms with Crippen molar-refractivity contribution in [3.05, 3.63) is 93.7 Å². The average Bonchev–Trinajstić information content (AvgIpc) is 3.34. The summed E-state index contributed by atoms with van der Waals surface area (Å²) in [5.41, 5.74) is 2.92. The van der Waals surface area contributed by atoms with Crippen LogP contribution in [0.25, 0.3) is 0 Å². The van der Waals surface area contributed by atoms with Crippen molar-refractivity contribution in [2.45, 2.75) is 46.2 Å². The van der Waals surface area contributed by atoms with Crippen LogP contribution in [0.3, 0.4) is 0 Å². The van der Waals surface area contributed by atoms with Gasteiger partial charge in [-0.2, -0.15) is 0 Å². The quantitative estimate of drug-likeness (QED) is 0.373. The third-order valence-electron chi connectivity index (χ3n) is 5.50. The van der Waals surface area contributed by atoms with Crippen molar-refractivity contribution in [3.63, 3.8) is 0 Å². The Labute approximate surface area is 195 Å². The molecule has 1 aromatic heterocycles. The monoisotopic (exact) mass is 448 g/mol. The van der Waals surface area contributed by atoms with E-state index in [1.165, 1.54) is 5.56 Å². The maximum Gasteiger partial charge on any atom is 0.254 e. The van der Waals surface area contributed by atoms with E-state index in [1.54, 1.807) is 16.2 Å². The number of carbonyl (C=O) groups is 2. The van der Waals surface area contributed by atoms with Gasteiger partial charge in [-0.15, -0.1) is 11.3 Å². The van der Waals surface area contributed by atoms with Crippen LogP contribution in [0.15, 0.2) is 72.1 Å². The Morgan fingerprint density at radius 2 is 1.56 bits per heavy atom. The molecule has 168 valence electrons. The lowest BCUT2D eigenvalue weighted by Crippen LogP contribution is -2.42. The van der Waals surface area contributed by atoms with E-state index in [0.29, 0.717) is 25.2 Å². The molecule has 5 heteroatoms. The molecule has 0 unspecified atom stereocenters. The van der Waals surface area contributed by atoms with Crippen molar-refractivity contribution >= 4 is 23.2 Å². The first kappa shape index (κ1) is 23.7. The maximum atomic E-state index is 13.4. The SMILES string of the molecule is CCCCN(CC(=O)N(Cc1ccccc1)Cc1cccs1)C(=O)c1ccc(CC)cc1. The fraction of sp³-hybridized carbons (Fsp3) is 0.333. The number of unbranched alkanes of at least 4 members (excludes halogenated alkanes) is 1. The van der Waals surface area contributed by atoms with Crippen LogP contribution in [-0.2, 0) is 24.3 Å². The van der Waals surface area contributed by atoms with Gasteiger partial charge in [0.05, 0.1) is 6.54 Å². The summed E-state index contributed by atoms with van der Waals surface area (Å²) in [6.45, 7) is 5.93. The number of thiophene rings is 1. The van der Waals surface area contributed by atoms with Gasteiger partial charge in [0.1, 0.15) is 6.54 Å². The first-order chi connectivity index (χ1) is 15.6. The molecule has 2 amide bonds. The lowest BCUT2D eigenvalue weighted by Gasteiger charge is -2.28. The van der Waals surface area contributed by atoms with Crippen molar-refractivity contribution in [2.24, 2.45) is 0 Å². The highest BCUT2D eigenvalue weighted by Crippen LogP contribution is 2.16. The summed E-state index contributed by atoms with van der Waals surface area (Å²) in [6, 6.07) is 21.8. The zero-order valence-corrected chi connectivity index (χ0v) is 19.8. The lowest BCUT2D eigenvalue weighted by molar-refractivity contribution is -0.133. The van der Waals surface area contributed by atoms with Crippen molar-refractivity contribution in [1.82, 2.24) is 9.80 Å². The molecule has 32 heavy (non-hydrogen) atoms. The molecule has 0 atom stereocenters. The van der Waals surface area contributed by atoms with Crippen molar-refractivity contribution < 1.29 is 9.59 Å². The third kappa shape index (κ3) is 6.79. The summed E-state index contributed by atoms with van der Waals surface area (Å²) in [7, 11) is 0. The molecule has 0 radical (unpaired) electrons. The Balaban J connectivity index is 1.77. The Bertz CT molecular complexity index is 969. The summed E-state index contributed by atoms with van der Waals surface area (Å²) < 4.78 is 0. The Kier molecular flexibility index (Phi) is 9.05. The summed E-state index contributed by atoms with van der Waals surface area (Å²) in [4.78, 5) is 31.4. The number of benzene rings is 2. The van der Waals surface area contributed by atoms with Gasteiger partial charge in [0, 0.05) is 23.5 Å². The van der Waals surface area contributed by atoms with E-state index in [2.05, 4.69) is 13.8 Å². The number of hydrogen-bond acceptors (Lipinski definition) is 3. The van der Waals surface area contributed by atoms with Crippen LogP contribution in [0.5, 0.6) is 0 Å². The minimum absolute atomic E-state index is 0.0307. The van der Waals surface area contributed by atoms with Gasteiger partial charge in [0.25, 0.3) is 5.91 Å². The number of rotatable bonds is 11. The molecule has 3 rings (SSSR count). The van der Waals surface area contributed by atoms with E-state index in [4.69, 9.17) is 0 Å². The van der Waals surface area contributed by atoms with E-state index in [-0.39, 0.29) is 18.4 Å². The zero-order chi connectivity index (χ0) is 22.8. The van der Waals surface area contributed by atoms with E-state index >= 15 is 0 Å². The first-order valence-electron chi connectivity index (χ1n) is 11.3. The largest absolute Gasteiger partial charge is 0.332 e.